The summed E-state index contributed by atoms with van der Waals surface area (Å²) >= 11 is 0. The molecule has 0 unspecified atom stereocenters. The molecule has 1 fully saturated rings. The van der Waals surface area contributed by atoms with E-state index in [1.807, 2.05) is 13.1 Å². The lowest BCUT2D eigenvalue weighted by molar-refractivity contribution is 0.220. The molecule has 7 nitrogen and oxygen atoms in total. The normalized spacial score (nSPS) is 15.0. The molecule has 0 amide bonds. The van der Waals surface area contributed by atoms with E-state index in [0.29, 0.717) is 18.4 Å². The third-order valence-corrected chi connectivity index (χ3v) is 4.98. The number of unbranched alkanes of at least 4 members (excludes halogenated alkanes) is 1. The van der Waals surface area contributed by atoms with Crippen LogP contribution >= 0.6 is 0 Å². The lowest BCUT2D eigenvalue weighted by Crippen LogP contribution is -2.29. The highest BCUT2D eigenvalue weighted by molar-refractivity contribution is 5.28. The zero-order chi connectivity index (χ0) is 18.9. The van der Waals surface area contributed by atoms with E-state index in [-0.39, 0.29) is 6.61 Å². The van der Waals surface area contributed by atoms with Crippen LogP contribution < -0.4 is 10.1 Å². The van der Waals surface area contributed by atoms with Gasteiger partial charge in [-0.05, 0) is 56.5 Å². The Hall–Kier alpha value is -2.12. The van der Waals surface area contributed by atoms with Crippen LogP contribution in [0.4, 0.5) is 5.95 Å². The highest BCUT2D eigenvalue weighted by Gasteiger charge is 2.10. The first-order chi connectivity index (χ1) is 13.3. The molecule has 1 saturated heterocycles. The number of hydrogen-bond acceptors (Lipinski definition) is 6. The molecule has 27 heavy (non-hydrogen) atoms. The standard InChI is InChI=1S/C20H31N5O2/c1-24-19(16-26)22-23-20(24)21-10-3-6-13-27-18-9-7-8-17(14-18)15-25-11-4-2-5-12-25/h7-9,14,26H,2-6,10-13,15-16H2,1H3,(H,21,23). The molecule has 0 spiro atoms. The van der Waals surface area contributed by atoms with Gasteiger partial charge in [0.05, 0.1) is 6.61 Å². The minimum Gasteiger partial charge on any atom is -0.494 e. The number of rotatable bonds is 10. The number of likely N-dealkylation sites (tertiary alicyclic amines) is 1. The molecule has 1 aliphatic heterocycles. The molecule has 0 radical (unpaired) electrons. The molecular formula is C20H31N5O2. The van der Waals surface area contributed by atoms with E-state index in [4.69, 9.17) is 9.84 Å². The average Bonchev–Trinajstić information content (AvgIpc) is 3.05. The predicted molar refractivity (Wildman–Crippen MR) is 106 cm³/mol. The summed E-state index contributed by atoms with van der Waals surface area (Å²) in [5.74, 6) is 2.20. The molecule has 7 heteroatoms. The second-order valence-corrected chi connectivity index (χ2v) is 7.12. The summed E-state index contributed by atoms with van der Waals surface area (Å²) in [4.78, 5) is 2.53. The maximum atomic E-state index is 9.12. The first-order valence-electron chi connectivity index (χ1n) is 9.93. The quantitative estimate of drug-likeness (QED) is 0.624. The number of hydrogen-bond donors (Lipinski definition) is 2. The van der Waals surface area contributed by atoms with Gasteiger partial charge in [0.15, 0.2) is 5.82 Å². The number of nitrogens with zero attached hydrogens (tertiary/aromatic N) is 4. The molecule has 1 aromatic heterocycles. The van der Waals surface area contributed by atoms with Crippen LogP contribution in [0.3, 0.4) is 0 Å². The van der Waals surface area contributed by atoms with Crippen molar-refractivity contribution in [3.8, 4) is 5.75 Å². The van der Waals surface area contributed by atoms with Crippen molar-refractivity contribution in [3.63, 3.8) is 0 Å². The summed E-state index contributed by atoms with van der Waals surface area (Å²) in [6, 6.07) is 8.48. The van der Waals surface area contributed by atoms with Gasteiger partial charge in [-0.25, -0.2) is 0 Å². The Labute approximate surface area is 161 Å². The van der Waals surface area contributed by atoms with Gasteiger partial charge in [-0.1, -0.05) is 18.6 Å². The monoisotopic (exact) mass is 373 g/mol. The minimum atomic E-state index is -0.101. The maximum absolute atomic E-state index is 9.12. The Kier molecular flexibility index (Phi) is 7.47. The van der Waals surface area contributed by atoms with Crippen LogP contribution in [0.5, 0.6) is 5.75 Å². The molecule has 2 heterocycles. The van der Waals surface area contributed by atoms with Crippen LogP contribution in [0.25, 0.3) is 0 Å². The molecule has 1 aromatic carbocycles. The van der Waals surface area contributed by atoms with Crippen molar-refractivity contribution in [1.29, 1.82) is 0 Å². The van der Waals surface area contributed by atoms with Crippen molar-refractivity contribution in [1.82, 2.24) is 19.7 Å². The van der Waals surface area contributed by atoms with Crippen molar-refractivity contribution in [2.45, 2.75) is 45.3 Å². The first kappa shape index (κ1) is 19.6. The van der Waals surface area contributed by atoms with Crippen LogP contribution in [0, 0.1) is 0 Å². The van der Waals surface area contributed by atoms with Gasteiger partial charge in [-0.2, -0.15) is 0 Å². The number of aliphatic hydroxyl groups excluding tert-OH is 1. The SMILES string of the molecule is Cn1c(CO)nnc1NCCCCOc1cccc(CN2CCCCC2)c1. The highest BCUT2D eigenvalue weighted by atomic mass is 16.5. The van der Waals surface area contributed by atoms with E-state index in [1.165, 1.54) is 37.9 Å². The lowest BCUT2D eigenvalue weighted by atomic mass is 10.1. The topological polar surface area (TPSA) is 75.4 Å². The summed E-state index contributed by atoms with van der Waals surface area (Å²) in [6.07, 6.45) is 5.95. The number of benzene rings is 1. The van der Waals surface area contributed by atoms with Crippen LogP contribution in [0.2, 0.25) is 0 Å². The molecule has 0 atom stereocenters. The molecule has 0 saturated carbocycles. The van der Waals surface area contributed by atoms with Crippen LogP contribution in [0.1, 0.15) is 43.5 Å². The second-order valence-electron chi connectivity index (χ2n) is 7.12. The molecule has 2 aromatic rings. The van der Waals surface area contributed by atoms with E-state index in [0.717, 1.165) is 31.7 Å². The van der Waals surface area contributed by atoms with E-state index >= 15 is 0 Å². The number of aliphatic hydroxyl groups is 1. The summed E-state index contributed by atoms with van der Waals surface area (Å²) in [5, 5.41) is 20.3. The third kappa shape index (κ3) is 5.94. The van der Waals surface area contributed by atoms with Gasteiger partial charge in [0.2, 0.25) is 5.95 Å². The molecule has 148 valence electrons. The largest absolute Gasteiger partial charge is 0.494 e. The van der Waals surface area contributed by atoms with Crippen molar-refractivity contribution in [2.75, 3.05) is 31.6 Å². The lowest BCUT2D eigenvalue weighted by Gasteiger charge is -2.26. The van der Waals surface area contributed by atoms with Gasteiger partial charge in [-0.15, -0.1) is 10.2 Å². The number of piperidine rings is 1. The van der Waals surface area contributed by atoms with Gasteiger partial charge in [0.25, 0.3) is 0 Å². The van der Waals surface area contributed by atoms with Crippen molar-refractivity contribution < 1.29 is 9.84 Å². The molecular weight excluding hydrogens is 342 g/mol. The number of nitrogens with one attached hydrogen (secondary N) is 1. The minimum absolute atomic E-state index is 0.101. The fourth-order valence-electron chi connectivity index (χ4n) is 3.38. The van der Waals surface area contributed by atoms with Crippen molar-refractivity contribution in [3.05, 3.63) is 35.7 Å². The number of ether oxygens (including phenoxy) is 1. The smallest absolute Gasteiger partial charge is 0.224 e. The van der Waals surface area contributed by atoms with Gasteiger partial charge in [0.1, 0.15) is 12.4 Å². The predicted octanol–water partition coefficient (Wildman–Crippen LogP) is 2.56. The van der Waals surface area contributed by atoms with Crippen molar-refractivity contribution >= 4 is 5.95 Å². The second kappa shape index (κ2) is 10.3. The fourth-order valence-corrected chi connectivity index (χ4v) is 3.38. The summed E-state index contributed by atoms with van der Waals surface area (Å²) in [5.41, 5.74) is 1.33. The average molecular weight is 374 g/mol. The molecule has 2 N–H and O–H groups in total. The van der Waals surface area contributed by atoms with Crippen LogP contribution in [-0.2, 0) is 20.2 Å². The van der Waals surface area contributed by atoms with Crippen LogP contribution in [0.15, 0.2) is 24.3 Å². The molecule has 0 bridgehead atoms. The Balaban J connectivity index is 1.34. The number of anilines is 1. The number of aromatic nitrogens is 3. The van der Waals surface area contributed by atoms with E-state index < -0.39 is 0 Å². The van der Waals surface area contributed by atoms with Gasteiger partial charge >= 0.3 is 0 Å². The zero-order valence-electron chi connectivity index (χ0n) is 16.2. The Bertz CT molecular complexity index is 697. The molecule has 0 aliphatic carbocycles. The summed E-state index contributed by atoms with van der Waals surface area (Å²) in [6.45, 7) is 4.85. The summed E-state index contributed by atoms with van der Waals surface area (Å²) in [7, 11) is 1.84. The Morgan fingerprint density at radius 1 is 1.15 bits per heavy atom. The first-order valence-corrected chi connectivity index (χ1v) is 9.93. The molecule has 3 rings (SSSR count). The van der Waals surface area contributed by atoms with Gasteiger partial charge in [0, 0.05) is 20.1 Å². The van der Waals surface area contributed by atoms with E-state index in [2.05, 4.69) is 38.6 Å². The summed E-state index contributed by atoms with van der Waals surface area (Å²) < 4.78 is 7.69. The van der Waals surface area contributed by atoms with Crippen LogP contribution in [-0.4, -0.2) is 51.0 Å². The van der Waals surface area contributed by atoms with Gasteiger partial charge in [-0.3, -0.25) is 9.47 Å². The van der Waals surface area contributed by atoms with Crippen molar-refractivity contribution in [2.24, 2.45) is 7.05 Å². The molecule has 1 aliphatic rings. The highest BCUT2D eigenvalue weighted by Crippen LogP contribution is 2.18. The fraction of sp³-hybridized carbons (Fsp3) is 0.600. The zero-order valence-corrected chi connectivity index (χ0v) is 16.2. The third-order valence-electron chi connectivity index (χ3n) is 4.98. The van der Waals surface area contributed by atoms with E-state index in [9.17, 15) is 0 Å². The maximum Gasteiger partial charge on any atom is 0.224 e. The van der Waals surface area contributed by atoms with Gasteiger partial charge < -0.3 is 15.2 Å². The Morgan fingerprint density at radius 2 is 2.00 bits per heavy atom. The Morgan fingerprint density at radius 3 is 2.78 bits per heavy atom. The van der Waals surface area contributed by atoms with E-state index in [1.54, 1.807) is 4.57 Å².